The zero-order chi connectivity index (χ0) is 12.5. The van der Waals surface area contributed by atoms with Gasteiger partial charge >= 0.3 is 5.97 Å². The van der Waals surface area contributed by atoms with E-state index in [1.165, 1.54) is 7.11 Å². The number of carbonyl (C=O) groups excluding carboxylic acids is 2. The largest absolute Gasteiger partial charge is 0.469 e. The number of rotatable bonds is 7. The van der Waals surface area contributed by atoms with Crippen molar-refractivity contribution in [1.82, 2.24) is 10.2 Å². The molecule has 1 N–H and O–H groups in total. The summed E-state index contributed by atoms with van der Waals surface area (Å²) in [5.41, 5.74) is 0. The second-order valence-corrected chi connectivity index (χ2v) is 4.27. The molecule has 0 radical (unpaired) electrons. The van der Waals surface area contributed by atoms with E-state index < -0.39 is 0 Å². The molecule has 1 heterocycles. The van der Waals surface area contributed by atoms with Crippen LogP contribution in [-0.2, 0) is 14.3 Å². The van der Waals surface area contributed by atoms with E-state index in [0.717, 1.165) is 38.9 Å². The summed E-state index contributed by atoms with van der Waals surface area (Å²) in [6, 6.07) is 0. The molecule has 0 atom stereocenters. The van der Waals surface area contributed by atoms with Crippen molar-refractivity contribution in [3.63, 3.8) is 0 Å². The first-order valence-electron chi connectivity index (χ1n) is 6.29. The highest BCUT2D eigenvalue weighted by Gasteiger charge is 2.16. The Morgan fingerprint density at radius 3 is 2.53 bits per heavy atom. The molecule has 0 aromatic heterocycles. The molecule has 17 heavy (non-hydrogen) atoms. The number of nitrogens with zero attached hydrogens (tertiary/aromatic N) is 1. The average Bonchev–Trinajstić information content (AvgIpc) is 2.86. The molecule has 1 rings (SSSR count). The maximum absolute atomic E-state index is 11.6. The third-order valence-electron chi connectivity index (χ3n) is 2.94. The molecule has 1 amide bonds. The van der Waals surface area contributed by atoms with Crippen molar-refractivity contribution < 1.29 is 14.3 Å². The minimum atomic E-state index is -0.181. The summed E-state index contributed by atoms with van der Waals surface area (Å²) in [7, 11) is 1.39. The van der Waals surface area contributed by atoms with E-state index in [9.17, 15) is 9.59 Å². The van der Waals surface area contributed by atoms with Gasteiger partial charge in [0, 0.05) is 32.5 Å². The van der Waals surface area contributed by atoms with Crippen LogP contribution in [0, 0.1) is 0 Å². The van der Waals surface area contributed by atoms with Crippen LogP contribution in [0.25, 0.3) is 0 Å². The van der Waals surface area contributed by atoms with Gasteiger partial charge in [-0.25, -0.2) is 0 Å². The summed E-state index contributed by atoms with van der Waals surface area (Å²) in [5, 5.41) is 3.16. The van der Waals surface area contributed by atoms with E-state index in [1.54, 1.807) is 0 Å². The normalized spacial score (nSPS) is 15.0. The lowest BCUT2D eigenvalue weighted by atomic mass is 10.3. The number of hydrogen-bond acceptors (Lipinski definition) is 4. The summed E-state index contributed by atoms with van der Waals surface area (Å²) in [6.45, 7) is 3.28. The monoisotopic (exact) mass is 242 g/mol. The fourth-order valence-corrected chi connectivity index (χ4v) is 1.90. The number of nitrogens with one attached hydrogen (secondary N) is 1. The van der Waals surface area contributed by atoms with E-state index in [2.05, 4.69) is 10.1 Å². The van der Waals surface area contributed by atoms with Gasteiger partial charge in [-0.15, -0.1) is 0 Å². The molecule has 0 saturated carbocycles. The minimum absolute atomic E-state index is 0.181. The van der Waals surface area contributed by atoms with Gasteiger partial charge in [0.2, 0.25) is 5.91 Å². The summed E-state index contributed by atoms with van der Waals surface area (Å²) < 4.78 is 4.53. The molecule has 0 aromatic rings. The molecule has 0 aliphatic carbocycles. The van der Waals surface area contributed by atoms with E-state index in [0.29, 0.717) is 19.4 Å². The third kappa shape index (κ3) is 5.68. The Hall–Kier alpha value is -1.10. The van der Waals surface area contributed by atoms with Crippen molar-refractivity contribution in [2.45, 2.75) is 32.1 Å². The number of likely N-dealkylation sites (tertiary alicyclic amines) is 1. The van der Waals surface area contributed by atoms with Gasteiger partial charge in [0.05, 0.1) is 7.11 Å². The first-order valence-corrected chi connectivity index (χ1v) is 6.29. The zero-order valence-electron chi connectivity index (χ0n) is 10.5. The molecule has 1 saturated heterocycles. The Balaban J connectivity index is 1.93. The highest BCUT2D eigenvalue weighted by atomic mass is 16.5. The van der Waals surface area contributed by atoms with Crippen LogP contribution >= 0.6 is 0 Å². The maximum atomic E-state index is 11.6. The van der Waals surface area contributed by atoms with Crippen LogP contribution in [0.2, 0.25) is 0 Å². The Morgan fingerprint density at radius 1 is 1.18 bits per heavy atom. The lowest BCUT2D eigenvalue weighted by Gasteiger charge is -2.15. The number of esters is 1. The van der Waals surface area contributed by atoms with E-state index in [-0.39, 0.29) is 11.9 Å². The van der Waals surface area contributed by atoms with Crippen LogP contribution in [0.15, 0.2) is 0 Å². The van der Waals surface area contributed by atoms with Gasteiger partial charge in [0.15, 0.2) is 0 Å². The van der Waals surface area contributed by atoms with Crippen molar-refractivity contribution >= 4 is 11.9 Å². The number of amides is 1. The first-order chi connectivity index (χ1) is 8.24. The smallest absolute Gasteiger partial charge is 0.305 e. The number of ether oxygens (including phenoxy) is 1. The topological polar surface area (TPSA) is 58.6 Å². The summed E-state index contributed by atoms with van der Waals surface area (Å²) in [4.78, 5) is 24.4. The SMILES string of the molecule is COC(=O)CCCNCCC(=O)N1CCCC1. The molecule has 0 aromatic carbocycles. The van der Waals surface area contributed by atoms with Crippen molar-refractivity contribution in [2.75, 3.05) is 33.3 Å². The van der Waals surface area contributed by atoms with E-state index in [4.69, 9.17) is 0 Å². The molecule has 98 valence electrons. The lowest BCUT2D eigenvalue weighted by Crippen LogP contribution is -2.31. The quantitative estimate of drug-likeness (QED) is 0.523. The van der Waals surface area contributed by atoms with Crippen LogP contribution in [0.3, 0.4) is 0 Å². The summed E-state index contributed by atoms with van der Waals surface area (Å²) in [5.74, 6) is 0.0583. The van der Waals surface area contributed by atoms with E-state index in [1.807, 2.05) is 4.90 Å². The van der Waals surface area contributed by atoms with Gasteiger partial charge in [-0.1, -0.05) is 0 Å². The second-order valence-electron chi connectivity index (χ2n) is 4.27. The van der Waals surface area contributed by atoms with Crippen LogP contribution in [0.4, 0.5) is 0 Å². The van der Waals surface area contributed by atoms with Crippen LogP contribution in [0.1, 0.15) is 32.1 Å². The number of hydrogen-bond donors (Lipinski definition) is 1. The molecule has 0 bridgehead atoms. The Morgan fingerprint density at radius 2 is 1.88 bits per heavy atom. The molecule has 1 aliphatic heterocycles. The van der Waals surface area contributed by atoms with Crippen LogP contribution in [0.5, 0.6) is 0 Å². The van der Waals surface area contributed by atoms with Gasteiger partial charge in [0.25, 0.3) is 0 Å². The first kappa shape index (κ1) is 14.0. The van der Waals surface area contributed by atoms with Gasteiger partial charge in [-0.05, 0) is 25.8 Å². The predicted molar refractivity (Wildman–Crippen MR) is 64.6 cm³/mol. The molecule has 0 spiro atoms. The second kappa shape index (κ2) is 8.06. The summed E-state index contributed by atoms with van der Waals surface area (Å²) >= 11 is 0. The van der Waals surface area contributed by atoms with Crippen molar-refractivity contribution in [3.05, 3.63) is 0 Å². The van der Waals surface area contributed by atoms with Gasteiger partial charge < -0.3 is 15.0 Å². The molecule has 0 unspecified atom stereocenters. The Bertz CT molecular complexity index is 250. The van der Waals surface area contributed by atoms with E-state index >= 15 is 0 Å². The maximum Gasteiger partial charge on any atom is 0.305 e. The highest BCUT2D eigenvalue weighted by Crippen LogP contribution is 2.08. The van der Waals surface area contributed by atoms with Crippen molar-refractivity contribution in [3.8, 4) is 0 Å². The molecular weight excluding hydrogens is 220 g/mol. The lowest BCUT2D eigenvalue weighted by molar-refractivity contribution is -0.140. The molecule has 1 fully saturated rings. The van der Waals surface area contributed by atoms with Crippen LogP contribution in [-0.4, -0.2) is 50.1 Å². The standard InChI is InChI=1S/C12H22N2O3/c1-17-12(16)5-4-7-13-8-6-11(15)14-9-2-3-10-14/h13H,2-10H2,1H3. The highest BCUT2D eigenvalue weighted by molar-refractivity contribution is 5.76. The molecule has 1 aliphatic rings. The average molecular weight is 242 g/mol. The minimum Gasteiger partial charge on any atom is -0.469 e. The molecular formula is C12H22N2O3. The Kier molecular flexibility index (Phi) is 6.62. The van der Waals surface area contributed by atoms with Crippen molar-refractivity contribution in [2.24, 2.45) is 0 Å². The Labute approximate surface area is 102 Å². The summed E-state index contributed by atoms with van der Waals surface area (Å²) in [6.07, 6.45) is 4.02. The molecule has 5 heteroatoms. The van der Waals surface area contributed by atoms with Gasteiger partial charge in [-0.3, -0.25) is 9.59 Å². The third-order valence-corrected chi connectivity index (χ3v) is 2.94. The fourth-order valence-electron chi connectivity index (χ4n) is 1.90. The van der Waals surface area contributed by atoms with Gasteiger partial charge in [-0.2, -0.15) is 0 Å². The number of carbonyl (C=O) groups is 2. The predicted octanol–water partition coefficient (Wildman–Crippen LogP) is 0.542. The van der Waals surface area contributed by atoms with Gasteiger partial charge in [0.1, 0.15) is 0 Å². The number of methoxy groups -OCH3 is 1. The van der Waals surface area contributed by atoms with Crippen LogP contribution < -0.4 is 5.32 Å². The zero-order valence-corrected chi connectivity index (χ0v) is 10.5. The van der Waals surface area contributed by atoms with Crippen molar-refractivity contribution in [1.29, 1.82) is 0 Å². The molecule has 5 nitrogen and oxygen atoms in total. The fraction of sp³-hybridized carbons (Fsp3) is 0.833.